The van der Waals surface area contributed by atoms with Crippen molar-refractivity contribution in [3.8, 4) is 5.75 Å². The van der Waals surface area contributed by atoms with E-state index in [2.05, 4.69) is 26.6 Å². The van der Waals surface area contributed by atoms with Crippen molar-refractivity contribution in [2.24, 2.45) is 0 Å². The lowest BCUT2D eigenvalue weighted by molar-refractivity contribution is -0.131. The number of thiazole rings is 1. The van der Waals surface area contributed by atoms with Crippen LogP contribution in [-0.2, 0) is 11.2 Å². The van der Waals surface area contributed by atoms with E-state index in [-0.39, 0.29) is 11.9 Å². The van der Waals surface area contributed by atoms with Gasteiger partial charge in [0.1, 0.15) is 5.75 Å². The summed E-state index contributed by atoms with van der Waals surface area (Å²) in [5, 5.41) is 7.89. The Bertz CT molecular complexity index is 1080. The Morgan fingerprint density at radius 2 is 1.82 bits per heavy atom. The fourth-order valence-corrected chi connectivity index (χ4v) is 4.41. The summed E-state index contributed by atoms with van der Waals surface area (Å²) in [4.78, 5) is 33.4. The molecule has 2 N–H and O–H groups in total. The van der Waals surface area contributed by atoms with Gasteiger partial charge in [0.15, 0.2) is 5.13 Å². The van der Waals surface area contributed by atoms with Crippen LogP contribution >= 0.6 is 11.3 Å². The van der Waals surface area contributed by atoms with Gasteiger partial charge in [0.05, 0.1) is 12.8 Å². The maximum absolute atomic E-state index is 12.7. The Kier molecular flexibility index (Phi) is 7.41. The van der Waals surface area contributed by atoms with E-state index in [4.69, 9.17) is 4.74 Å². The smallest absolute Gasteiger partial charge is 0.325 e. The molecule has 0 bridgehead atoms. The van der Waals surface area contributed by atoms with Crippen LogP contribution in [0.2, 0.25) is 0 Å². The Balaban J connectivity index is 1.21. The number of nitrogens with one attached hydrogen (secondary N) is 2. The van der Waals surface area contributed by atoms with E-state index in [0.29, 0.717) is 36.8 Å². The van der Waals surface area contributed by atoms with Gasteiger partial charge in [-0.2, -0.15) is 0 Å². The highest BCUT2D eigenvalue weighted by molar-refractivity contribution is 7.13. The number of hydrogen-bond acceptors (Lipinski definition) is 6. The maximum atomic E-state index is 12.7. The Labute approximate surface area is 197 Å². The number of para-hydroxylation sites is 1. The van der Waals surface area contributed by atoms with E-state index in [0.717, 1.165) is 30.2 Å². The van der Waals surface area contributed by atoms with Crippen molar-refractivity contribution in [2.45, 2.75) is 12.8 Å². The first-order valence-corrected chi connectivity index (χ1v) is 11.7. The summed E-state index contributed by atoms with van der Waals surface area (Å²) in [6.45, 7) is 2.97. The minimum absolute atomic E-state index is 0.129. The van der Waals surface area contributed by atoms with Gasteiger partial charge in [-0.1, -0.05) is 24.3 Å². The number of methoxy groups -OCH3 is 1. The van der Waals surface area contributed by atoms with Gasteiger partial charge in [-0.25, -0.2) is 9.78 Å². The monoisotopic (exact) mass is 465 g/mol. The molecule has 8 nitrogen and oxygen atoms in total. The molecule has 3 amide bonds. The van der Waals surface area contributed by atoms with Crippen molar-refractivity contribution in [2.75, 3.05) is 48.8 Å². The average Bonchev–Trinajstić information content (AvgIpc) is 3.30. The van der Waals surface area contributed by atoms with Gasteiger partial charge in [0, 0.05) is 55.4 Å². The summed E-state index contributed by atoms with van der Waals surface area (Å²) < 4.78 is 5.31. The first kappa shape index (κ1) is 22.6. The topological polar surface area (TPSA) is 86.8 Å². The molecule has 2 heterocycles. The normalized spacial score (nSPS) is 13.5. The van der Waals surface area contributed by atoms with Gasteiger partial charge < -0.3 is 19.9 Å². The number of rotatable bonds is 7. The highest BCUT2D eigenvalue weighted by Gasteiger charge is 2.21. The fraction of sp³-hybridized carbons (Fsp3) is 0.292. The molecule has 9 heteroatoms. The van der Waals surface area contributed by atoms with Gasteiger partial charge in [0.25, 0.3) is 0 Å². The van der Waals surface area contributed by atoms with Crippen LogP contribution in [0, 0.1) is 0 Å². The van der Waals surface area contributed by atoms with Gasteiger partial charge in [-0.05, 0) is 30.7 Å². The molecule has 0 atom stereocenters. The lowest BCUT2D eigenvalue weighted by atomic mass is 10.2. The molecular formula is C24H27N5O3S. The van der Waals surface area contributed by atoms with E-state index in [1.807, 2.05) is 58.8 Å². The lowest BCUT2D eigenvalue weighted by Gasteiger charge is -2.36. The zero-order valence-corrected chi connectivity index (χ0v) is 19.3. The van der Waals surface area contributed by atoms with E-state index in [1.165, 1.54) is 11.3 Å². The lowest BCUT2D eigenvalue weighted by Crippen LogP contribution is -2.48. The number of hydrogen-bond donors (Lipinski definition) is 2. The highest BCUT2D eigenvalue weighted by atomic mass is 32.1. The second-order valence-electron chi connectivity index (χ2n) is 7.66. The highest BCUT2D eigenvalue weighted by Crippen LogP contribution is 2.22. The van der Waals surface area contributed by atoms with Crippen LogP contribution in [0.1, 0.15) is 12.1 Å². The van der Waals surface area contributed by atoms with Gasteiger partial charge in [-0.15, -0.1) is 11.3 Å². The predicted molar refractivity (Wildman–Crippen MR) is 131 cm³/mol. The number of carbonyl (C=O) groups is 2. The van der Waals surface area contributed by atoms with Crippen molar-refractivity contribution in [1.29, 1.82) is 0 Å². The summed E-state index contributed by atoms with van der Waals surface area (Å²) in [6, 6.07) is 16.9. The number of carbonyl (C=O) groups excluding carboxylic acids is 2. The summed E-state index contributed by atoms with van der Waals surface area (Å²) in [6.07, 6.45) is 0.950. The van der Waals surface area contributed by atoms with E-state index < -0.39 is 0 Å². The van der Waals surface area contributed by atoms with Crippen LogP contribution in [0.25, 0.3) is 0 Å². The second-order valence-corrected chi connectivity index (χ2v) is 8.52. The number of benzene rings is 2. The third kappa shape index (κ3) is 6.23. The number of anilines is 3. The molecule has 1 fully saturated rings. The number of ether oxygens (including phenoxy) is 1. The third-order valence-electron chi connectivity index (χ3n) is 5.45. The quantitative estimate of drug-likeness (QED) is 0.549. The molecule has 0 saturated carbocycles. The summed E-state index contributed by atoms with van der Waals surface area (Å²) in [7, 11) is 1.66. The number of nitrogens with zero attached hydrogens (tertiary/aromatic N) is 3. The van der Waals surface area contributed by atoms with Gasteiger partial charge >= 0.3 is 6.03 Å². The summed E-state index contributed by atoms with van der Waals surface area (Å²) >= 11 is 1.35. The van der Waals surface area contributed by atoms with Crippen molar-refractivity contribution >= 4 is 39.8 Å². The molecular weight excluding hydrogens is 438 g/mol. The molecule has 0 unspecified atom stereocenters. The predicted octanol–water partition coefficient (Wildman–Crippen LogP) is 4.08. The van der Waals surface area contributed by atoms with Crippen LogP contribution in [-0.4, -0.2) is 55.1 Å². The first-order valence-electron chi connectivity index (χ1n) is 10.8. The van der Waals surface area contributed by atoms with Gasteiger partial charge in [0.2, 0.25) is 5.91 Å². The Hall–Kier alpha value is -3.59. The minimum atomic E-state index is -0.341. The SMILES string of the molecule is COc1cccc(N2CCN(C(=O)CCc3csc(NC(=O)Nc4ccccc4)n3)CC2)c1. The van der Waals surface area contributed by atoms with E-state index in [9.17, 15) is 9.59 Å². The minimum Gasteiger partial charge on any atom is -0.497 e. The molecule has 0 spiro atoms. The van der Waals surface area contributed by atoms with Crippen LogP contribution in [0.15, 0.2) is 60.0 Å². The van der Waals surface area contributed by atoms with Crippen LogP contribution < -0.4 is 20.3 Å². The van der Waals surface area contributed by atoms with Crippen LogP contribution in [0.3, 0.4) is 0 Å². The maximum Gasteiger partial charge on any atom is 0.325 e. The molecule has 1 aromatic heterocycles. The standard InChI is InChI=1S/C24H27N5O3S/c1-32-21-9-5-8-20(16-21)28-12-14-29(15-13-28)22(30)11-10-19-17-33-24(26-19)27-23(31)25-18-6-3-2-4-7-18/h2-9,16-17H,10-15H2,1H3,(H2,25,26,27,31). The number of aryl methyl sites for hydroxylation is 1. The zero-order chi connectivity index (χ0) is 23.0. The molecule has 172 valence electrons. The Morgan fingerprint density at radius 3 is 2.58 bits per heavy atom. The molecule has 0 aliphatic carbocycles. The summed E-state index contributed by atoms with van der Waals surface area (Å²) in [5.41, 5.74) is 2.63. The number of piperazine rings is 1. The molecule has 1 aliphatic rings. The summed E-state index contributed by atoms with van der Waals surface area (Å²) in [5.74, 6) is 0.963. The number of aromatic nitrogens is 1. The largest absolute Gasteiger partial charge is 0.497 e. The molecule has 0 radical (unpaired) electrons. The first-order chi connectivity index (χ1) is 16.1. The van der Waals surface area contributed by atoms with Crippen molar-refractivity contribution in [3.63, 3.8) is 0 Å². The van der Waals surface area contributed by atoms with E-state index in [1.54, 1.807) is 7.11 Å². The fourth-order valence-electron chi connectivity index (χ4n) is 3.67. The molecule has 4 rings (SSSR count). The molecule has 1 aliphatic heterocycles. The Morgan fingerprint density at radius 1 is 1.03 bits per heavy atom. The average molecular weight is 466 g/mol. The third-order valence-corrected chi connectivity index (χ3v) is 6.26. The molecule has 3 aromatic rings. The van der Waals surface area contributed by atoms with E-state index >= 15 is 0 Å². The van der Waals surface area contributed by atoms with Crippen molar-refractivity contribution in [1.82, 2.24) is 9.88 Å². The van der Waals surface area contributed by atoms with Gasteiger partial charge in [-0.3, -0.25) is 10.1 Å². The molecule has 2 aromatic carbocycles. The van der Waals surface area contributed by atoms with Crippen LogP contribution in [0.4, 0.5) is 21.3 Å². The number of urea groups is 1. The van der Waals surface area contributed by atoms with Crippen LogP contribution in [0.5, 0.6) is 5.75 Å². The second kappa shape index (κ2) is 10.8. The van der Waals surface area contributed by atoms with Crippen molar-refractivity contribution < 1.29 is 14.3 Å². The molecule has 1 saturated heterocycles. The number of amides is 3. The zero-order valence-electron chi connectivity index (χ0n) is 18.5. The van der Waals surface area contributed by atoms with Crippen molar-refractivity contribution in [3.05, 3.63) is 65.7 Å². The molecule has 33 heavy (non-hydrogen) atoms.